The van der Waals surface area contributed by atoms with Gasteiger partial charge in [0.25, 0.3) is 0 Å². The molecule has 0 unspecified atom stereocenters. The largest absolute Gasteiger partial charge is 0.473 e. The number of benzene rings is 2. The van der Waals surface area contributed by atoms with E-state index in [0.717, 1.165) is 37.3 Å². The average Bonchev–Trinajstić information content (AvgIpc) is 3.44. The Morgan fingerprint density at radius 1 is 1.17 bits per heavy atom. The van der Waals surface area contributed by atoms with Gasteiger partial charge in [-0.1, -0.05) is 12.1 Å². The van der Waals surface area contributed by atoms with Crippen LogP contribution in [0.4, 0.5) is 19.0 Å². The Morgan fingerprint density at radius 3 is 2.77 bits per heavy atom. The molecule has 178 valence electrons. The van der Waals surface area contributed by atoms with Crippen molar-refractivity contribution in [2.45, 2.75) is 37.7 Å². The highest BCUT2D eigenvalue weighted by molar-refractivity contribution is 5.54. The van der Waals surface area contributed by atoms with Crippen molar-refractivity contribution in [3.05, 3.63) is 75.7 Å². The fourth-order valence-corrected chi connectivity index (χ4v) is 5.44. The summed E-state index contributed by atoms with van der Waals surface area (Å²) in [5.41, 5.74) is -0.348. The number of rotatable bonds is 5. The number of aromatic nitrogens is 2. The Hall–Kier alpha value is -4.00. The molecule has 4 aliphatic rings. The van der Waals surface area contributed by atoms with Crippen molar-refractivity contribution < 1.29 is 22.6 Å². The lowest BCUT2D eigenvalue weighted by atomic mass is 9.74. The highest BCUT2D eigenvalue weighted by Gasteiger charge is 2.60. The summed E-state index contributed by atoms with van der Waals surface area (Å²) >= 11 is 0. The van der Waals surface area contributed by atoms with E-state index in [2.05, 4.69) is 9.88 Å². The molecule has 3 fully saturated rings. The lowest BCUT2D eigenvalue weighted by Crippen LogP contribution is -2.44. The van der Waals surface area contributed by atoms with E-state index in [1.165, 1.54) is 24.3 Å². The second-order valence-corrected chi connectivity index (χ2v) is 9.29. The lowest BCUT2D eigenvalue weighted by Gasteiger charge is -2.37. The van der Waals surface area contributed by atoms with E-state index in [0.29, 0.717) is 18.0 Å². The zero-order chi connectivity index (χ0) is 24.4. The summed E-state index contributed by atoms with van der Waals surface area (Å²) in [5.74, 6) is 1.84. The molecule has 2 aromatic carbocycles. The van der Waals surface area contributed by atoms with Crippen molar-refractivity contribution in [3.8, 4) is 23.4 Å². The maximum Gasteiger partial charge on any atom is 0.416 e. The molecule has 2 saturated heterocycles. The fraction of sp³-hybridized carbons (Fsp3) is 0.320. The van der Waals surface area contributed by atoms with Gasteiger partial charge in [-0.3, -0.25) is 4.57 Å². The number of hydrogen-bond donors (Lipinski definition) is 0. The van der Waals surface area contributed by atoms with Gasteiger partial charge in [-0.2, -0.15) is 23.4 Å². The molecule has 0 radical (unpaired) electrons. The van der Waals surface area contributed by atoms with E-state index in [1.54, 1.807) is 16.7 Å². The molecule has 10 heteroatoms. The standard InChI is InChI=1S/C25H19F3N4O3/c26-25(27,28)18-2-1-3-19(7-18)35-20-5-4-15(6-17(20)11-29)13-34-21-8-22-31(23(33)30-21)14-24-9-16(10-24)12-32(22)24/h1-8,16H,9-10,12-14H2. The first-order valence-electron chi connectivity index (χ1n) is 11.1. The normalized spacial score (nSPS) is 21.7. The minimum absolute atomic E-state index is 0.0271. The molecule has 1 aliphatic carbocycles. The van der Waals surface area contributed by atoms with Crippen molar-refractivity contribution in [1.82, 2.24) is 9.55 Å². The van der Waals surface area contributed by atoms with Gasteiger partial charge in [-0.05, 0) is 54.7 Å². The Bertz CT molecular complexity index is 1440. The quantitative estimate of drug-likeness (QED) is 0.536. The van der Waals surface area contributed by atoms with Crippen LogP contribution in [0.1, 0.15) is 29.5 Å². The van der Waals surface area contributed by atoms with Crippen LogP contribution >= 0.6 is 0 Å². The van der Waals surface area contributed by atoms with Gasteiger partial charge < -0.3 is 14.4 Å². The van der Waals surface area contributed by atoms with E-state index in [1.807, 2.05) is 6.07 Å². The van der Waals surface area contributed by atoms with Gasteiger partial charge >= 0.3 is 11.9 Å². The van der Waals surface area contributed by atoms with Crippen LogP contribution in [-0.2, 0) is 19.3 Å². The van der Waals surface area contributed by atoms with Gasteiger partial charge in [-0.15, -0.1) is 0 Å². The number of alkyl halides is 3. The molecule has 0 N–H and O–H groups in total. The topological polar surface area (TPSA) is 80.4 Å². The van der Waals surface area contributed by atoms with Gasteiger partial charge in [0.1, 0.15) is 30.0 Å². The molecule has 2 bridgehead atoms. The molecule has 1 spiro atoms. The third-order valence-corrected chi connectivity index (χ3v) is 6.99. The molecule has 35 heavy (non-hydrogen) atoms. The van der Waals surface area contributed by atoms with Crippen molar-refractivity contribution >= 4 is 5.82 Å². The lowest BCUT2D eigenvalue weighted by molar-refractivity contribution is -0.137. The smallest absolute Gasteiger partial charge is 0.416 e. The highest BCUT2D eigenvalue weighted by Crippen LogP contribution is 2.56. The van der Waals surface area contributed by atoms with Gasteiger partial charge in [0, 0.05) is 12.6 Å². The van der Waals surface area contributed by atoms with Crippen LogP contribution in [0.25, 0.3) is 0 Å². The molecule has 4 heterocycles. The SMILES string of the molecule is N#Cc1cc(COc2cc3n(c(=O)n2)CC24CC(CN32)C4)ccc1Oc1cccc(C(F)(F)F)c1. The van der Waals surface area contributed by atoms with Gasteiger partial charge in [0.05, 0.1) is 23.2 Å². The molecular weight excluding hydrogens is 461 g/mol. The van der Waals surface area contributed by atoms with Gasteiger partial charge in [0.15, 0.2) is 0 Å². The minimum Gasteiger partial charge on any atom is -0.473 e. The van der Waals surface area contributed by atoms with Crippen molar-refractivity contribution in [2.75, 3.05) is 11.4 Å². The zero-order valence-corrected chi connectivity index (χ0v) is 18.4. The van der Waals surface area contributed by atoms with Crippen molar-refractivity contribution in [1.29, 1.82) is 5.26 Å². The summed E-state index contributed by atoms with van der Waals surface area (Å²) in [5, 5.41) is 9.53. The number of nitriles is 1. The summed E-state index contributed by atoms with van der Waals surface area (Å²) in [4.78, 5) is 18.9. The summed E-state index contributed by atoms with van der Waals surface area (Å²) in [7, 11) is 0. The highest BCUT2D eigenvalue weighted by atomic mass is 19.4. The third-order valence-electron chi connectivity index (χ3n) is 6.99. The van der Waals surface area contributed by atoms with E-state index in [9.17, 15) is 23.2 Å². The summed E-state index contributed by atoms with van der Waals surface area (Å²) in [6, 6.07) is 12.9. The molecule has 3 aliphatic heterocycles. The van der Waals surface area contributed by atoms with Crippen LogP contribution in [0, 0.1) is 17.2 Å². The van der Waals surface area contributed by atoms with Crippen LogP contribution in [0.3, 0.4) is 0 Å². The number of ether oxygens (including phenoxy) is 2. The Morgan fingerprint density at radius 2 is 2.00 bits per heavy atom. The Labute approximate surface area is 197 Å². The molecule has 0 atom stereocenters. The van der Waals surface area contributed by atoms with E-state index >= 15 is 0 Å². The minimum atomic E-state index is -4.50. The fourth-order valence-electron chi connectivity index (χ4n) is 5.44. The second-order valence-electron chi connectivity index (χ2n) is 9.29. The molecule has 1 aromatic heterocycles. The van der Waals surface area contributed by atoms with Crippen LogP contribution in [0.5, 0.6) is 17.4 Å². The first-order valence-corrected chi connectivity index (χ1v) is 11.1. The monoisotopic (exact) mass is 480 g/mol. The maximum absolute atomic E-state index is 13.0. The number of halogens is 3. The number of hydrogen-bond acceptors (Lipinski definition) is 6. The summed E-state index contributed by atoms with van der Waals surface area (Å²) in [6.07, 6.45) is -2.28. The second kappa shape index (κ2) is 7.50. The average molecular weight is 480 g/mol. The zero-order valence-electron chi connectivity index (χ0n) is 18.4. The predicted molar refractivity (Wildman–Crippen MR) is 118 cm³/mol. The number of nitrogens with zero attached hydrogens (tertiary/aromatic N) is 4. The van der Waals surface area contributed by atoms with Crippen molar-refractivity contribution in [2.24, 2.45) is 5.92 Å². The molecule has 7 nitrogen and oxygen atoms in total. The molecular formula is C25H19F3N4O3. The van der Waals surface area contributed by atoms with E-state index in [4.69, 9.17) is 9.47 Å². The van der Waals surface area contributed by atoms with Gasteiger partial charge in [0.2, 0.25) is 5.88 Å². The van der Waals surface area contributed by atoms with Crippen LogP contribution < -0.4 is 20.1 Å². The van der Waals surface area contributed by atoms with Gasteiger partial charge in [-0.25, -0.2) is 4.79 Å². The first-order chi connectivity index (χ1) is 16.7. The molecule has 0 amide bonds. The first kappa shape index (κ1) is 21.5. The number of fused-ring (bicyclic) bond motifs is 1. The molecule has 1 saturated carbocycles. The Kier molecular flexibility index (Phi) is 4.61. The number of anilines is 1. The van der Waals surface area contributed by atoms with E-state index < -0.39 is 11.7 Å². The predicted octanol–water partition coefficient (Wildman–Crippen LogP) is 4.49. The third kappa shape index (κ3) is 3.58. The van der Waals surface area contributed by atoms with Crippen molar-refractivity contribution in [3.63, 3.8) is 0 Å². The molecule has 3 aromatic rings. The Balaban J connectivity index is 1.18. The summed E-state index contributed by atoms with van der Waals surface area (Å²) < 4.78 is 51.9. The van der Waals surface area contributed by atoms with E-state index in [-0.39, 0.29) is 40.8 Å². The van der Waals surface area contributed by atoms with Crippen LogP contribution in [-0.4, -0.2) is 21.6 Å². The van der Waals surface area contributed by atoms with Crippen LogP contribution in [0.15, 0.2) is 53.3 Å². The van der Waals surface area contributed by atoms with Crippen LogP contribution in [0.2, 0.25) is 0 Å². The molecule has 7 rings (SSSR count). The summed E-state index contributed by atoms with van der Waals surface area (Å²) in [6.45, 7) is 1.67. The maximum atomic E-state index is 13.0.